The molecule has 0 aromatic heterocycles. The quantitative estimate of drug-likeness (QED) is 0.436. The molecule has 0 spiro atoms. The van der Waals surface area contributed by atoms with Gasteiger partial charge in [-0.3, -0.25) is 5.01 Å². The summed E-state index contributed by atoms with van der Waals surface area (Å²) in [4.78, 5) is 0. The first-order valence-electron chi connectivity index (χ1n) is 4.75. The Bertz CT molecular complexity index is 386. The Kier molecular flexibility index (Phi) is 4.95. The number of nitrogens with two attached hydrogens (primary N) is 1. The zero-order chi connectivity index (χ0) is 12.1. The normalized spacial score (nSPS) is 10.0. The van der Waals surface area contributed by atoms with Gasteiger partial charge in [0.05, 0.1) is 13.2 Å². The van der Waals surface area contributed by atoms with E-state index in [9.17, 15) is 0 Å². The van der Waals surface area contributed by atoms with Crippen molar-refractivity contribution < 1.29 is 5.11 Å². The summed E-state index contributed by atoms with van der Waals surface area (Å²) < 4.78 is 0. The van der Waals surface area contributed by atoms with Gasteiger partial charge in [-0.05, 0) is 36.8 Å². The number of halogens is 1. The molecule has 0 aliphatic carbocycles. The number of hydrazine groups is 1. The SMILES string of the molecule is Cc1ccc(Cl)cc1NC(=S)N(N)CCO. The monoisotopic (exact) mass is 259 g/mol. The Hall–Kier alpha value is -0.880. The van der Waals surface area contributed by atoms with Gasteiger partial charge in [-0.15, -0.1) is 0 Å². The van der Waals surface area contributed by atoms with Crippen LogP contribution in [-0.4, -0.2) is 28.4 Å². The molecule has 0 saturated carbocycles. The van der Waals surface area contributed by atoms with Gasteiger partial charge in [-0.25, -0.2) is 5.84 Å². The van der Waals surface area contributed by atoms with Crippen molar-refractivity contribution in [1.29, 1.82) is 0 Å². The van der Waals surface area contributed by atoms with Crippen LogP contribution in [0.5, 0.6) is 0 Å². The van der Waals surface area contributed by atoms with Crippen molar-refractivity contribution in [1.82, 2.24) is 5.01 Å². The van der Waals surface area contributed by atoms with E-state index in [1.807, 2.05) is 13.0 Å². The maximum Gasteiger partial charge on any atom is 0.187 e. The van der Waals surface area contributed by atoms with E-state index >= 15 is 0 Å². The predicted molar refractivity (Wildman–Crippen MR) is 70.4 cm³/mol. The minimum Gasteiger partial charge on any atom is -0.394 e. The fourth-order valence-corrected chi connectivity index (χ4v) is 1.50. The fourth-order valence-electron chi connectivity index (χ4n) is 1.13. The van der Waals surface area contributed by atoms with Crippen molar-refractivity contribution >= 4 is 34.6 Å². The molecule has 0 unspecified atom stereocenters. The second-order valence-corrected chi connectivity index (χ2v) is 4.13. The average Bonchev–Trinajstić information content (AvgIpc) is 2.23. The van der Waals surface area contributed by atoms with Crippen molar-refractivity contribution in [2.45, 2.75) is 6.92 Å². The maximum atomic E-state index is 8.72. The molecule has 6 heteroatoms. The highest BCUT2D eigenvalue weighted by Crippen LogP contribution is 2.20. The van der Waals surface area contributed by atoms with Crippen molar-refractivity contribution in [3.8, 4) is 0 Å². The van der Waals surface area contributed by atoms with Gasteiger partial charge < -0.3 is 10.4 Å². The van der Waals surface area contributed by atoms with E-state index in [-0.39, 0.29) is 13.2 Å². The highest BCUT2D eigenvalue weighted by atomic mass is 35.5. The molecule has 0 fully saturated rings. The molecule has 4 N–H and O–H groups in total. The summed E-state index contributed by atoms with van der Waals surface area (Å²) in [5.74, 6) is 5.60. The van der Waals surface area contributed by atoms with Gasteiger partial charge in [-0.2, -0.15) is 0 Å². The summed E-state index contributed by atoms with van der Waals surface area (Å²) in [6.07, 6.45) is 0. The van der Waals surface area contributed by atoms with E-state index in [0.717, 1.165) is 11.3 Å². The van der Waals surface area contributed by atoms with Crippen LogP contribution in [0, 0.1) is 6.92 Å². The molecule has 0 amide bonds. The van der Waals surface area contributed by atoms with Crippen LogP contribution < -0.4 is 11.2 Å². The molecule has 4 nitrogen and oxygen atoms in total. The van der Waals surface area contributed by atoms with Crippen LogP contribution in [-0.2, 0) is 0 Å². The first kappa shape index (κ1) is 13.2. The number of aryl methyl sites for hydroxylation is 1. The number of aliphatic hydroxyl groups is 1. The van der Waals surface area contributed by atoms with E-state index < -0.39 is 0 Å². The lowest BCUT2D eigenvalue weighted by atomic mass is 10.2. The molecule has 16 heavy (non-hydrogen) atoms. The summed E-state index contributed by atoms with van der Waals surface area (Å²) in [6, 6.07) is 5.47. The molecule has 1 aromatic carbocycles. The lowest BCUT2D eigenvalue weighted by molar-refractivity contribution is 0.253. The van der Waals surface area contributed by atoms with Gasteiger partial charge in [0.2, 0.25) is 0 Å². The molecule has 1 aromatic rings. The highest BCUT2D eigenvalue weighted by molar-refractivity contribution is 7.80. The minimum absolute atomic E-state index is 0.0488. The topological polar surface area (TPSA) is 61.5 Å². The number of anilines is 1. The Labute approximate surface area is 105 Å². The lowest BCUT2D eigenvalue weighted by Crippen LogP contribution is -2.42. The van der Waals surface area contributed by atoms with Crippen LogP contribution in [0.1, 0.15) is 5.56 Å². The van der Waals surface area contributed by atoms with Crippen molar-refractivity contribution in [3.63, 3.8) is 0 Å². The second kappa shape index (κ2) is 6.00. The van der Waals surface area contributed by atoms with Crippen molar-refractivity contribution in [2.75, 3.05) is 18.5 Å². The molecule has 0 bridgehead atoms. The summed E-state index contributed by atoms with van der Waals surface area (Å²) in [6.45, 7) is 2.17. The van der Waals surface area contributed by atoms with E-state index in [1.54, 1.807) is 12.1 Å². The first-order valence-corrected chi connectivity index (χ1v) is 5.53. The van der Waals surface area contributed by atoms with Gasteiger partial charge >= 0.3 is 0 Å². The minimum atomic E-state index is -0.0488. The molecule has 0 radical (unpaired) electrons. The van der Waals surface area contributed by atoms with E-state index in [2.05, 4.69) is 5.32 Å². The summed E-state index contributed by atoms with van der Waals surface area (Å²) in [5, 5.41) is 13.9. The van der Waals surface area contributed by atoms with Crippen molar-refractivity contribution in [2.24, 2.45) is 5.84 Å². The summed E-state index contributed by atoms with van der Waals surface area (Å²) in [5.41, 5.74) is 1.83. The zero-order valence-corrected chi connectivity index (χ0v) is 10.5. The molecule has 0 aliphatic rings. The number of nitrogens with zero attached hydrogens (tertiary/aromatic N) is 1. The number of thiocarbonyl (C=S) groups is 1. The molecule has 0 saturated heterocycles. The van der Waals surface area contributed by atoms with Gasteiger partial charge in [0.1, 0.15) is 0 Å². The number of hydrogen-bond donors (Lipinski definition) is 3. The second-order valence-electron chi connectivity index (χ2n) is 3.31. The number of hydrogen-bond acceptors (Lipinski definition) is 3. The Morgan fingerprint density at radius 2 is 2.31 bits per heavy atom. The van der Waals surface area contributed by atoms with Crippen LogP contribution in [0.25, 0.3) is 0 Å². The average molecular weight is 260 g/mol. The molecular formula is C10H14ClN3OS. The first-order chi connectivity index (χ1) is 7.54. The molecular weight excluding hydrogens is 246 g/mol. The third kappa shape index (κ3) is 3.61. The van der Waals surface area contributed by atoms with Gasteiger partial charge in [0.15, 0.2) is 5.11 Å². The van der Waals surface area contributed by atoms with Crippen LogP contribution in [0.3, 0.4) is 0 Å². The number of nitrogens with one attached hydrogen (secondary N) is 1. The molecule has 0 atom stereocenters. The lowest BCUT2D eigenvalue weighted by Gasteiger charge is -2.20. The smallest absolute Gasteiger partial charge is 0.187 e. The third-order valence-corrected chi connectivity index (χ3v) is 2.61. The summed E-state index contributed by atoms with van der Waals surface area (Å²) >= 11 is 10.9. The largest absolute Gasteiger partial charge is 0.394 e. The summed E-state index contributed by atoms with van der Waals surface area (Å²) in [7, 11) is 0. The van der Waals surface area contributed by atoms with Crippen LogP contribution in [0.4, 0.5) is 5.69 Å². The van der Waals surface area contributed by atoms with Crippen molar-refractivity contribution in [3.05, 3.63) is 28.8 Å². The Balaban J connectivity index is 2.72. The molecule has 0 heterocycles. The van der Waals surface area contributed by atoms with Gasteiger partial charge in [0.25, 0.3) is 0 Å². The van der Waals surface area contributed by atoms with Crippen LogP contribution in [0.2, 0.25) is 5.02 Å². The Morgan fingerprint density at radius 1 is 1.62 bits per heavy atom. The highest BCUT2D eigenvalue weighted by Gasteiger charge is 2.06. The number of benzene rings is 1. The molecule has 88 valence electrons. The van der Waals surface area contributed by atoms with E-state index in [4.69, 9.17) is 34.8 Å². The standard InChI is InChI=1S/C10H14ClN3OS/c1-7-2-3-8(11)6-9(7)13-10(16)14(12)4-5-15/h2-3,6,15H,4-5,12H2,1H3,(H,13,16). The molecule has 1 rings (SSSR count). The van der Waals surface area contributed by atoms with E-state index in [1.165, 1.54) is 5.01 Å². The molecule has 0 aliphatic heterocycles. The van der Waals surface area contributed by atoms with Crippen LogP contribution >= 0.6 is 23.8 Å². The van der Waals surface area contributed by atoms with E-state index in [0.29, 0.717) is 10.1 Å². The third-order valence-electron chi connectivity index (χ3n) is 2.04. The Morgan fingerprint density at radius 3 is 2.94 bits per heavy atom. The zero-order valence-electron chi connectivity index (χ0n) is 8.90. The fraction of sp³-hybridized carbons (Fsp3) is 0.300. The number of aliphatic hydroxyl groups excluding tert-OH is 1. The maximum absolute atomic E-state index is 8.72. The van der Waals surface area contributed by atoms with Gasteiger partial charge in [0, 0.05) is 10.7 Å². The number of rotatable bonds is 3. The van der Waals surface area contributed by atoms with Crippen LogP contribution in [0.15, 0.2) is 18.2 Å². The van der Waals surface area contributed by atoms with Gasteiger partial charge in [-0.1, -0.05) is 17.7 Å². The predicted octanol–water partition coefficient (Wildman–Crippen LogP) is 1.51.